The van der Waals surface area contributed by atoms with Gasteiger partial charge in [0, 0.05) is 0 Å². The maximum Gasteiger partial charge on any atom is 0.108 e. The first kappa shape index (κ1) is 13.7. The number of rotatable bonds is 9. The standard InChI is InChI=1S/C13H25F/c1-3-4-5-6-7-8-9-10-13(2)11-12-14/h11H,3-10,12H2,1-2H3/b13-11+. The van der Waals surface area contributed by atoms with Crippen LogP contribution in [0.5, 0.6) is 0 Å². The Kier molecular flexibility index (Phi) is 10.5. The van der Waals surface area contributed by atoms with Crippen LogP contribution in [0.15, 0.2) is 11.6 Å². The van der Waals surface area contributed by atoms with Gasteiger partial charge in [0.05, 0.1) is 0 Å². The number of hydrogen-bond acceptors (Lipinski definition) is 0. The summed E-state index contributed by atoms with van der Waals surface area (Å²) in [5.41, 5.74) is 1.21. The third-order valence-electron chi connectivity index (χ3n) is 2.60. The predicted molar refractivity (Wildman–Crippen MR) is 62.3 cm³/mol. The van der Waals surface area contributed by atoms with Crippen LogP contribution in [0.4, 0.5) is 4.39 Å². The van der Waals surface area contributed by atoms with E-state index in [1.54, 1.807) is 6.08 Å². The Morgan fingerprint density at radius 1 is 1.00 bits per heavy atom. The molecule has 0 aromatic carbocycles. The summed E-state index contributed by atoms with van der Waals surface area (Å²) in [7, 11) is 0. The Balaban J connectivity index is 3.09. The van der Waals surface area contributed by atoms with Crippen LogP contribution in [0, 0.1) is 0 Å². The molecule has 0 saturated heterocycles. The summed E-state index contributed by atoms with van der Waals surface area (Å²) < 4.78 is 11.9. The Hall–Kier alpha value is -0.330. The lowest BCUT2D eigenvalue weighted by atomic mass is 10.1. The second-order valence-corrected chi connectivity index (χ2v) is 4.08. The van der Waals surface area contributed by atoms with E-state index in [9.17, 15) is 4.39 Å². The van der Waals surface area contributed by atoms with E-state index in [2.05, 4.69) is 6.92 Å². The first-order valence-electron chi connectivity index (χ1n) is 6.02. The molecule has 0 saturated carbocycles. The number of hydrogen-bond donors (Lipinski definition) is 0. The first-order chi connectivity index (χ1) is 6.81. The molecular weight excluding hydrogens is 175 g/mol. The van der Waals surface area contributed by atoms with Crippen molar-refractivity contribution in [2.45, 2.75) is 65.2 Å². The van der Waals surface area contributed by atoms with Gasteiger partial charge in [-0.25, -0.2) is 4.39 Å². The van der Waals surface area contributed by atoms with Gasteiger partial charge in [0.2, 0.25) is 0 Å². The van der Waals surface area contributed by atoms with Crippen molar-refractivity contribution in [3.63, 3.8) is 0 Å². The highest BCUT2D eigenvalue weighted by atomic mass is 19.1. The summed E-state index contributed by atoms with van der Waals surface area (Å²) >= 11 is 0. The number of allylic oxidation sites excluding steroid dienone is 2. The zero-order chi connectivity index (χ0) is 10.6. The third-order valence-corrected chi connectivity index (χ3v) is 2.60. The molecule has 0 aliphatic heterocycles. The van der Waals surface area contributed by atoms with Crippen molar-refractivity contribution < 1.29 is 4.39 Å². The van der Waals surface area contributed by atoms with Crippen molar-refractivity contribution in [3.8, 4) is 0 Å². The molecule has 84 valence electrons. The molecule has 0 unspecified atom stereocenters. The molecule has 0 aliphatic rings. The summed E-state index contributed by atoms with van der Waals surface area (Å²) in [4.78, 5) is 0. The van der Waals surface area contributed by atoms with E-state index in [0.29, 0.717) is 0 Å². The Bertz CT molecular complexity index is 138. The molecule has 0 rings (SSSR count). The van der Waals surface area contributed by atoms with E-state index in [1.165, 1.54) is 50.5 Å². The van der Waals surface area contributed by atoms with Gasteiger partial charge in [-0.1, -0.05) is 57.1 Å². The smallest absolute Gasteiger partial charge is 0.108 e. The average molecular weight is 200 g/mol. The van der Waals surface area contributed by atoms with E-state index in [1.807, 2.05) is 6.92 Å². The lowest BCUT2D eigenvalue weighted by Crippen LogP contribution is -1.82. The van der Waals surface area contributed by atoms with Crippen LogP contribution in [-0.2, 0) is 0 Å². The van der Waals surface area contributed by atoms with Crippen molar-refractivity contribution in [1.29, 1.82) is 0 Å². The van der Waals surface area contributed by atoms with E-state index >= 15 is 0 Å². The topological polar surface area (TPSA) is 0 Å². The Labute approximate surface area is 88.6 Å². The molecular formula is C13H25F. The van der Waals surface area contributed by atoms with Gasteiger partial charge in [0.25, 0.3) is 0 Å². The molecule has 0 radical (unpaired) electrons. The van der Waals surface area contributed by atoms with Gasteiger partial charge < -0.3 is 0 Å². The molecule has 0 amide bonds. The molecule has 1 heteroatoms. The minimum absolute atomic E-state index is 0.303. The van der Waals surface area contributed by atoms with Gasteiger partial charge in [0.1, 0.15) is 6.67 Å². The van der Waals surface area contributed by atoms with Crippen LogP contribution >= 0.6 is 0 Å². The Morgan fingerprint density at radius 2 is 1.57 bits per heavy atom. The second-order valence-electron chi connectivity index (χ2n) is 4.08. The summed E-state index contributed by atoms with van der Waals surface area (Å²) in [6, 6.07) is 0. The molecule has 0 aliphatic carbocycles. The first-order valence-corrected chi connectivity index (χ1v) is 6.02. The number of unbranched alkanes of at least 4 members (excludes halogenated alkanes) is 6. The highest BCUT2D eigenvalue weighted by Crippen LogP contribution is 2.11. The van der Waals surface area contributed by atoms with E-state index in [4.69, 9.17) is 0 Å². The molecule has 0 aromatic heterocycles. The van der Waals surface area contributed by atoms with Crippen molar-refractivity contribution in [2.75, 3.05) is 6.67 Å². The number of halogens is 1. The molecule has 0 N–H and O–H groups in total. The summed E-state index contributed by atoms with van der Waals surface area (Å²) in [5.74, 6) is 0. The van der Waals surface area contributed by atoms with Gasteiger partial charge in [-0.15, -0.1) is 0 Å². The van der Waals surface area contributed by atoms with Crippen molar-refractivity contribution in [3.05, 3.63) is 11.6 Å². The second kappa shape index (κ2) is 10.7. The normalized spacial score (nSPS) is 12.1. The van der Waals surface area contributed by atoms with Gasteiger partial charge in [-0.3, -0.25) is 0 Å². The molecule has 0 atom stereocenters. The molecule has 0 heterocycles. The van der Waals surface area contributed by atoms with Crippen LogP contribution in [0.1, 0.15) is 65.2 Å². The van der Waals surface area contributed by atoms with Gasteiger partial charge in [0.15, 0.2) is 0 Å². The van der Waals surface area contributed by atoms with Crippen LogP contribution in [0.3, 0.4) is 0 Å². The highest BCUT2D eigenvalue weighted by Gasteiger charge is 1.92. The largest absolute Gasteiger partial charge is 0.247 e. The molecule has 0 aromatic rings. The summed E-state index contributed by atoms with van der Waals surface area (Å²) in [6.45, 7) is 3.96. The fourth-order valence-electron chi connectivity index (χ4n) is 1.59. The quantitative estimate of drug-likeness (QED) is 0.361. The van der Waals surface area contributed by atoms with E-state index in [0.717, 1.165) is 6.42 Å². The fraction of sp³-hybridized carbons (Fsp3) is 0.846. The summed E-state index contributed by atoms with van der Waals surface area (Å²) in [5, 5.41) is 0. The molecule has 0 spiro atoms. The molecule has 0 bridgehead atoms. The van der Waals surface area contributed by atoms with Crippen LogP contribution in [0.25, 0.3) is 0 Å². The van der Waals surface area contributed by atoms with Crippen LogP contribution in [0.2, 0.25) is 0 Å². The summed E-state index contributed by atoms with van der Waals surface area (Å²) in [6.07, 6.45) is 12.1. The van der Waals surface area contributed by atoms with Gasteiger partial charge in [-0.2, -0.15) is 0 Å². The minimum atomic E-state index is -0.303. The lowest BCUT2D eigenvalue weighted by Gasteiger charge is -2.01. The van der Waals surface area contributed by atoms with Crippen molar-refractivity contribution >= 4 is 0 Å². The van der Waals surface area contributed by atoms with Crippen LogP contribution < -0.4 is 0 Å². The van der Waals surface area contributed by atoms with E-state index in [-0.39, 0.29) is 6.67 Å². The maximum atomic E-state index is 11.9. The average Bonchev–Trinajstić information content (AvgIpc) is 2.17. The maximum absolute atomic E-state index is 11.9. The van der Waals surface area contributed by atoms with Crippen molar-refractivity contribution in [1.82, 2.24) is 0 Å². The monoisotopic (exact) mass is 200 g/mol. The SMILES string of the molecule is CCCCCCCCC/C(C)=C/CF. The molecule has 0 nitrogen and oxygen atoms in total. The van der Waals surface area contributed by atoms with Gasteiger partial charge >= 0.3 is 0 Å². The van der Waals surface area contributed by atoms with Gasteiger partial charge in [-0.05, 0) is 19.8 Å². The van der Waals surface area contributed by atoms with Crippen LogP contribution in [-0.4, -0.2) is 6.67 Å². The molecule has 14 heavy (non-hydrogen) atoms. The predicted octanol–water partition coefficient (Wildman–Crippen LogP) is 5.04. The van der Waals surface area contributed by atoms with E-state index < -0.39 is 0 Å². The Morgan fingerprint density at radius 3 is 2.14 bits per heavy atom. The zero-order valence-electron chi connectivity index (χ0n) is 9.82. The zero-order valence-corrected chi connectivity index (χ0v) is 9.82. The molecule has 0 fully saturated rings. The third kappa shape index (κ3) is 9.76. The lowest BCUT2D eigenvalue weighted by molar-refractivity contribution is 0.555. The highest BCUT2D eigenvalue weighted by molar-refractivity contribution is 4.97. The minimum Gasteiger partial charge on any atom is -0.247 e. The fourth-order valence-corrected chi connectivity index (χ4v) is 1.59. The van der Waals surface area contributed by atoms with Crippen molar-refractivity contribution in [2.24, 2.45) is 0 Å². The number of alkyl halides is 1.